The summed E-state index contributed by atoms with van der Waals surface area (Å²) in [5.41, 5.74) is 5.57. The van der Waals surface area contributed by atoms with Crippen LogP contribution in [0.25, 0.3) is 0 Å². The minimum Gasteiger partial charge on any atom is -0.330 e. The van der Waals surface area contributed by atoms with Crippen LogP contribution in [0.3, 0.4) is 0 Å². The summed E-state index contributed by atoms with van der Waals surface area (Å²) in [5, 5.41) is 0. The van der Waals surface area contributed by atoms with Crippen LogP contribution in [0.5, 0.6) is 0 Å². The quantitative estimate of drug-likeness (QED) is 0.552. The van der Waals surface area contributed by atoms with Crippen molar-refractivity contribution in [1.29, 1.82) is 0 Å². The first-order valence-electron chi connectivity index (χ1n) is 2.96. The van der Waals surface area contributed by atoms with E-state index in [4.69, 9.17) is 5.73 Å². The molecule has 48 valence electrons. The first-order valence-corrected chi connectivity index (χ1v) is 2.96. The van der Waals surface area contributed by atoms with Gasteiger partial charge in [-0.3, -0.25) is 0 Å². The van der Waals surface area contributed by atoms with Crippen molar-refractivity contribution in [3.63, 3.8) is 0 Å². The van der Waals surface area contributed by atoms with Gasteiger partial charge in [0.05, 0.1) is 0 Å². The van der Waals surface area contributed by atoms with Crippen molar-refractivity contribution < 1.29 is 0 Å². The summed E-state index contributed by atoms with van der Waals surface area (Å²) < 4.78 is 0. The molecule has 8 heavy (non-hydrogen) atoms. The maximum atomic E-state index is 5.34. The highest BCUT2D eigenvalue weighted by Crippen LogP contribution is 2.19. The fourth-order valence-corrected chi connectivity index (χ4v) is 0.474. The molecule has 0 atom stereocenters. The molecule has 0 rings (SSSR count). The zero-order valence-corrected chi connectivity index (χ0v) is 5.78. The molecule has 2 N–H and O–H groups in total. The molecule has 0 saturated heterocycles. The molecule has 0 radical (unpaired) electrons. The van der Waals surface area contributed by atoms with Gasteiger partial charge in [0.2, 0.25) is 0 Å². The summed E-state index contributed by atoms with van der Waals surface area (Å²) >= 11 is 0. The van der Waals surface area contributed by atoms with Crippen molar-refractivity contribution in [3.8, 4) is 0 Å². The van der Waals surface area contributed by atoms with Crippen LogP contribution in [-0.4, -0.2) is 6.54 Å². The smallest absolute Gasteiger partial charge is 0.00692 e. The Bertz CT molecular complexity index is 74.5. The third kappa shape index (κ3) is 2.80. The van der Waals surface area contributed by atoms with Gasteiger partial charge >= 0.3 is 0 Å². The molecule has 0 spiro atoms. The third-order valence-electron chi connectivity index (χ3n) is 1.34. The van der Waals surface area contributed by atoms with E-state index >= 15 is 0 Å². The van der Waals surface area contributed by atoms with Gasteiger partial charge in [-0.15, -0.1) is 6.58 Å². The van der Waals surface area contributed by atoms with E-state index < -0.39 is 0 Å². The molecular formula is C7H15N. The first kappa shape index (κ1) is 7.70. The molecule has 0 aliphatic heterocycles. The van der Waals surface area contributed by atoms with Crippen LogP contribution in [0.2, 0.25) is 0 Å². The van der Waals surface area contributed by atoms with E-state index in [1.807, 2.05) is 6.08 Å². The Hall–Kier alpha value is -0.300. The third-order valence-corrected chi connectivity index (χ3v) is 1.34. The number of allylic oxidation sites excluding steroid dienone is 1. The van der Waals surface area contributed by atoms with Gasteiger partial charge in [0.15, 0.2) is 0 Å². The molecule has 0 aromatic rings. The first-order chi connectivity index (χ1) is 3.62. The second kappa shape index (κ2) is 2.88. The predicted molar refractivity (Wildman–Crippen MR) is 37.6 cm³/mol. The molecule has 0 aliphatic carbocycles. The zero-order valence-electron chi connectivity index (χ0n) is 5.78. The Kier molecular flexibility index (Phi) is 2.77. The normalized spacial score (nSPS) is 11.4. The van der Waals surface area contributed by atoms with E-state index in [1.165, 1.54) is 0 Å². The summed E-state index contributed by atoms with van der Waals surface area (Å²) in [7, 11) is 0. The maximum absolute atomic E-state index is 5.34. The minimum atomic E-state index is 0.231. The second-order valence-electron chi connectivity index (χ2n) is 2.73. The number of rotatable bonds is 3. The molecule has 0 aromatic carbocycles. The zero-order chi connectivity index (χ0) is 6.62. The lowest BCUT2D eigenvalue weighted by atomic mass is 9.90. The minimum absolute atomic E-state index is 0.231. The van der Waals surface area contributed by atoms with Crippen LogP contribution < -0.4 is 5.73 Å². The van der Waals surface area contributed by atoms with Gasteiger partial charge < -0.3 is 5.73 Å². The van der Waals surface area contributed by atoms with Crippen molar-refractivity contribution in [1.82, 2.24) is 0 Å². The standard InChI is InChI=1S/C7H15N/c1-4-7(2,3)5-6-8/h4H,1,5-6,8H2,2-3H3. The van der Waals surface area contributed by atoms with E-state index in [-0.39, 0.29) is 5.41 Å². The Morgan fingerprint density at radius 3 is 2.25 bits per heavy atom. The summed E-state index contributed by atoms with van der Waals surface area (Å²) in [6.07, 6.45) is 2.97. The topological polar surface area (TPSA) is 26.0 Å². The van der Waals surface area contributed by atoms with Gasteiger partial charge in [-0.25, -0.2) is 0 Å². The van der Waals surface area contributed by atoms with Gasteiger partial charge in [-0.2, -0.15) is 0 Å². The molecule has 0 aliphatic rings. The maximum Gasteiger partial charge on any atom is -0.00692 e. The molecule has 0 amide bonds. The highest BCUT2D eigenvalue weighted by molar-refractivity contribution is 4.87. The Balaban J connectivity index is 3.53. The summed E-state index contributed by atoms with van der Waals surface area (Å²) in [4.78, 5) is 0. The molecular weight excluding hydrogens is 98.1 g/mol. The van der Waals surface area contributed by atoms with Gasteiger partial charge in [0, 0.05) is 0 Å². The fraction of sp³-hybridized carbons (Fsp3) is 0.714. The van der Waals surface area contributed by atoms with Crippen molar-refractivity contribution in [2.75, 3.05) is 6.54 Å². The molecule has 1 nitrogen and oxygen atoms in total. The number of nitrogens with two attached hydrogens (primary N) is 1. The van der Waals surface area contributed by atoms with Crippen LogP contribution in [-0.2, 0) is 0 Å². The highest BCUT2D eigenvalue weighted by atomic mass is 14.5. The van der Waals surface area contributed by atoms with Gasteiger partial charge in [-0.05, 0) is 18.4 Å². The molecule has 0 saturated carbocycles. The fourth-order valence-electron chi connectivity index (χ4n) is 0.474. The van der Waals surface area contributed by atoms with Crippen LogP contribution >= 0.6 is 0 Å². The Labute approximate surface area is 51.6 Å². The molecule has 0 heterocycles. The van der Waals surface area contributed by atoms with Crippen molar-refractivity contribution in [2.45, 2.75) is 20.3 Å². The largest absolute Gasteiger partial charge is 0.330 e. The van der Waals surface area contributed by atoms with E-state index in [2.05, 4.69) is 20.4 Å². The average molecular weight is 113 g/mol. The lowest BCUT2D eigenvalue weighted by Gasteiger charge is -2.17. The van der Waals surface area contributed by atoms with Crippen LogP contribution in [0, 0.1) is 5.41 Å². The number of hydrogen-bond donors (Lipinski definition) is 1. The molecule has 0 bridgehead atoms. The van der Waals surface area contributed by atoms with E-state index in [9.17, 15) is 0 Å². The molecule has 0 unspecified atom stereocenters. The molecule has 1 heteroatoms. The van der Waals surface area contributed by atoms with E-state index in [0.717, 1.165) is 13.0 Å². The van der Waals surface area contributed by atoms with E-state index in [0.29, 0.717) is 0 Å². The molecule has 0 aromatic heterocycles. The predicted octanol–water partition coefficient (Wildman–Crippen LogP) is 1.55. The summed E-state index contributed by atoms with van der Waals surface area (Å²) in [5.74, 6) is 0. The SMILES string of the molecule is C=CC(C)(C)CCN. The summed E-state index contributed by atoms with van der Waals surface area (Å²) in [6, 6.07) is 0. The van der Waals surface area contributed by atoms with Crippen molar-refractivity contribution in [3.05, 3.63) is 12.7 Å². The average Bonchev–Trinajstić information content (AvgIpc) is 1.67. The summed E-state index contributed by atoms with van der Waals surface area (Å²) in [6.45, 7) is 8.71. The Morgan fingerprint density at radius 2 is 2.12 bits per heavy atom. The van der Waals surface area contributed by atoms with E-state index in [1.54, 1.807) is 0 Å². The Morgan fingerprint density at radius 1 is 1.62 bits per heavy atom. The van der Waals surface area contributed by atoms with Crippen LogP contribution in [0.15, 0.2) is 12.7 Å². The van der Waals surface area contributed by atoms with Crippen molar-refractivity contribution >= 4 is 0 Å². The highest BCUT2D eigenvalue weighted by Gasteiger charge is 2.09. The van der Waals surface area contributed by atoms with Gasteiger partial charge in [0.25, 0.3) is 0 Å². The molecule has 0 fully saturated rings. The number of hydrogen-bond acceptors (Lipinski definition) is 1. The van der Waals surface area contributed by atoms with Gasteiger partial charge in [0.1, 0.15) is 0 Å². The lowest BCUT2D eigenvalue weighted by molar-refractivity contribution is 0.447. The second-order valence-corrected chi connectivity index (χ2v) is 2.73. The van der Waals surface area contributed by atoms with Gasteiger partial charge in [-0.1, -0.05) is 19.9 Å². The lowest BCUT2D eigenvalue weighted by Crippen LogP contribution is -2.13. The monoisotopic (exact) mass is 113 g/mol. The van der Waals surface area contributed by atoms with Crippen LogP contribution in [0.1, 0.15) is 20.3 Å². The van der Waals surface area contributed by atoms with Crippen LogP contribution in [0.4, 0.5) is 0 Å². The van der Waals surface area contributed by atoms with Crippen molar-refractivity contribution in [2.24, 2.45) is 11.1 Å².